The van der Waals surface area contributed by atoms with Crippen molar-refractivity contribution in [2.45, 2.75) is 13.0 Å². The third-order valence-corrected chi connectivity index (χ3v) is 3.32. The van der Waals surface area contributed by atoms with Crippen LogP contribution in [0.2, 0.25) is 5.02 Å². The molecule has 4 nitrogen and oxygen atoms in total. The van der Waals surface area contributed by atoms with Crippen LogP contribution >= 0.6 is 11.6 Å². The molecular formula is C18H18ClNO3. The second-order valence-electron chi connectivity index (χ2n) is 4.78. The van der Waals surface area contributed by atoms with E-state index in [4.69, 9.17) is 21.1 Å². The van der Waals surface area contributed by atoms with Crippen LogP contribution in [0.25, 0.3) is 0 Å². The largest absolute Gasteiger partial charge is 0.487 e. The molecule has 2 aromatic carbocycles. The van der Waals surface area contributed by atoms with Gasteiger partial charge in [0.2, 0.25) is 0 Å². The highest BCUT2D eigenvalue weighted by atomic mass is 35.5. The average Bonchev–Trinajstić information content (AvgIpc) is 2.56. The Labute approximate surface area is 140 Å². The number of carbonyl (C=O) groups is 1. The maximum atomic E-state index is 12.3. The van der Waals surface area contributed by atoms with Crippen LogP contribution in [0.3, 0.4) is 0 Å². The first kappa shape index (κ1) is 16.9. The number of nitrogens with one attached hydrogen (secondary N) is 1. The van der Waals surface area contributed by atoms with E-state index in [2.05, 4.69) is 11.9 Å². The molecule has 0 radical (unpaired) electrons. The minimum absolute atomic E-state index is 0.292. The zero-order valence-electron chi connectivity index (χ0n) is 12.8. The van der Waals surface area contributed by atoms with Gasteiger partial charge < -0.3 is 14.8 Å². The van der Waals surface area contributed by atoms with E-state index in [1.54, 1.807) is 49.4 Å². The number of hydrogen-bond acceptors (Lipinski definition) is 3. The molecule has 1 N–H and O–H groups in total. The molecule has 0 aliphatic rings. The van der Waals surface area contributed by atoms with Crippen molar-refractivity contribution >= 4 is 23.2 Å². The Morgan fingerprint density at radius 2 is 1.87 bits per heavy atom. The van der Waals surface area contributed by atoms with E-state index in [1.807, 2.05) is 12.1 Å². The van der Waals surface area contributed by atoms with E-state index in [-0.39, 0.29) is 5.91 Å². The van der Waals surface area contributed by atoms with Crippen LogP contribution in [0.5, 0.6) is 11.5 Å². The van der Waals surface area contributed by atoms with Gasteiger partial charge in [0, 0.05) is 0 Å². The van der Waals surface area contributed by atoms with Gasteiger partial charge in [0.25, 0.3) is 5.91 Å². The Bertz CT molecular complexity index is 687. The molecule has 0 bridgehead atoms. The van der Waals surface area contributed by atoms with Crippen molar-refractivity contribution in [3.8, 4) is 11.5 Å². The number of hydrogen-bond donors (Lipinski definition) is 1. The highest BCUT2D eigenvalue weighted by Gasteiger charge is 2.17. The van der Waals surface area contributed by atoms with E-state index < -0.39 is 6.10 Å². The van der Waals surface area contributed by atoms with Crippen molar-refractivity contribution in [2.24, 2.45) is 0 Å². The van der Waals surface area contributed by atoms with Crippen LogP contribution in [-0.2, 0) is 4.79 Å². The first-order valence-corrected chi connectivity index (χ1v) is 7.54. The molecule has 0 heterocycles. The van der Waals surface area contributed by atoms with Crippen LogP contribution in [0, 0.1) is 0 Å². The van der Waals surface area contributed by atoms with E-state index in [9.17, 15) is 4.79 Å². The van der Waals surface area contributed by atoms with E-state index in [0.717, 1.165) is 0 Å². The lowest BCUT2D eigenvalue weighted by Crippen LogP contribution is -2.30. The average molecular weight is 332 g/mol. The fourth-order valence-electron chi connectivity index (χ4n) is 1.86. The molecule has 5 heteroatoms. The third-order valence-electron chi connectivity index (χ3n) is 3.01. The SMILES string of the molecule is C=CCOc1ccccc1NC(=O)[C@@H](C)Oc1ccccc1Cl. The number of rotatable bonds is 7. The summed E-state index contributed by atoms with van der Waals surface area (Å²) in [6.07, 6.45) is 0.934. The van der Waals surface area contributed by atoms with Gasteiger partial charge in [-0.3, -0.25) is 4.79 Å². The standard InChI is InChI=1S/C18H18ClNO3/c1-3-12-22-17-11-7-5-9-15(17)20-18(21)13(2)23-16-10-6-4-8-14(16)19/h3-11,13H,1,12H2,2H3,(H,20,21)/t13-/m1/s1. The molecule has 0 saturated heterocycles. The Kier molecular flexibility index (Phi) is 6.06. The lowest BCUT2D eigenvalue weighted by Gasteiger charge is -2.17. The molecule has 0 aromatic heterocycles. The highest BCUT2D eigenvalue weighted by molar-refractivity contribution is 6.32. The monoisotopic (exact) mass is 331 g/mol. The predicted octanol–water partition coefficient (Wildman–Crippen LogP) is 4.31. The van der Waals surface area contributed by atoms with Gasteiger partial charge in [-0.15, -0.1) is 0 Å². The van der Waals surface area contributed by atoms with E-state index in [0.29, 0.717) is 28.8 Å². The summed E-state index contributed by atoms with van der Waals surface area (Å²) in [5.41, 5.74) is 0.578. The molecule has 0 aliphatic carbocycles. The summed E-state index contributed by atoms with van der Waals surface area (Å²) in [5, 5.41) is 3.25. The van der Waals surface area contributed by atoms with Crippen molar-refractivity contribution in [1.29, 1.82) is 0 Å². The molecule has 0 aliphatic heterocycles. The van der Waals surface area contributed by atoms with Gasteiger partial charge in [-0.25, -0.2) is 0 Å². The van der Waals surface area contributed by atoms with Gasteiger partial charge in [0.15, 0.2) is 6.10 Å². The molecule has 2 aromatic rings. The van der Waals surface area contributed by atoms with Gasteiger partial charge in [0.05, 0.1) is 10.7 Å². The summed E-state index contributed by atoms with van der Waals surface area (Å²) in [6.45, 7) is 5.62. The van der Waals surface area contributed by atoms with Crippen LogP contribution < -0.4 is 14.8 Å². The summed E-state index contributed by atoms with van der Waals surface area (Å²) < 4.78 is 11.1. The van der Waals surface area contributed by atoms with Crippen LogP contribution in [0.15, 0.2) is 61.2 Å². The number of anilines is 1. The van der Waals surface area contributed by atoms with Crippen molar-refractivity contribution in [2.75, 3.05) is 11.9 Å². The van der Waals surface area contributed by atoms with Crippen molar-refractivity contribution in [3.05, 3.63) is 66.2 Å². The lowest BCUT2D eigenvalue weighted by molar-refractivity contribution is -0.122. The minimum Gasteiger partial charge on any atom is -0.487 e. The normalized spacial score (nSPS) is 11.4. The van der Waals surface area contributed by atoms with Crippen LogP contribution in [-0.4, -0.2) is 18.6 Å². The second-order valence-corrected chi connectivity index (χ2v) is 5.18. The van der Waals surface area contributed by atoms with E-state index >= 15 is 0 Å². The summed E-state index contributed by atoms with van der Waals surface area (Å²) in [5.74, 6) is 0.748. The van der Waals surface area contributed by atoms with Gasteiger partial charge in [0.1, 0.15) is 18.1 Å². The topological polar surface area (TPSA) is 47.6 Å². The summed E-state index contributed by atoms with van der Waals surface area (Å²) in [6, 6.07) is 14.2. The molecule has 23 heavy (non-hydrogen) atoms. The summed E-state index contributed by atoms with van der Waals surface area (Å²) >= 11 is 6.03. The highest BCUT2D eigenvalue weighted by Crippen LogP contribution is 2.26. The Balaban J connectivity index is 2.04. The van der Waals surface area contributed by atoms with Gasteiger partial charge in [-0.2, -0.15) is 0 Å². The number of amides is 1. The molecule has 1 atom stereocenters. The van der Waals surface area contributed by atoms with E-state index in [1.165, 1.54) is 0 Å². The Morgan fingerprint density at radius 3 is 2.57 bits per heavy atom. The number of halogens is 1. The zero-order chi connectivity index (χ0) is 16.7. The molecular weight excluding hydrogens is 314 g/mol. The molecule has 0 spiro atoms. The van der Waals surface area contributed by atoms with Gasteiger partial charge >= 0.3 is 0 Å². The fraction of sp³-hybridized carbons (Fsp3) is 0.167. The number of para-hydroxylation sites is 3. The molecule has 0 saturated carbocycles. The van der Waals surface area contributed by atoms with Gasteiger partial charge in [-0.05, 0) is 31.2 Å². The maximum Gasteiger partial charge on any atom is 0.265 e. The van der Waals surface area contributed by atoms with Crippen molar-refractivity contribution < 1.29 is 14.3 Å². The number of carbonyl (C=O) groups excluding carboxylic acids is 1. The molecule has 120 valence electrons. The predicted molar refractivity (Wildman–Crippen MR) is 92.3 cm³/mol. The second kappa shape index (κ2) is 8.25. The Hall–Kier alpha value is -2.46. The minimum atomic E-state index is -0.706. The first-order chi connectivity index (χ1) is 11.1. The number of benzene rings is 2. The smallest absolute Gasteiger partial charge is 0.265 e. The molecule has 0 unspecified atom stereocenters. The lowest BCUT2D eigenvalue weighted by atomic mass is 10.2. The zero-order valence-corrected chi connectivity index (χ0v) is 13.5. The quantitative estimate of drug-likeness (QED) is 0.769. The van der Waals surface area contributed by atoms with Gasteiger partial charge in [-0.1, -0.05) is 48.5 Å². The van der Waals surface area contributed by atoms with Crippen molar-refractivity contribution in [1.82, 2.24) is 0 Å². The molecule has 1 amide bonds. The Morgan fingerprint density at radius 1 is 1.22 bits per heavy atom. The fourth-order valence-corrected chi connectivity index (χ4v) is 2.04. The van der Waals surface area contributed by atoms with Crippen LogP contribution in [0.4, 0.5) is 5.69 Å². The summed E-state index contributed by atoms with van der Waals surface area (Å²) in [4.78, 5) is 12.3. The van der Waals surface area contributed by atoms with Crippen molar-refractivity contribution in [3.63, 3.8) is 0 Å². The summed E-state index contributed by atoms with van der Waals surface area (Å²) in [7, 11) is 0. The van der Waals surface area contributed by atoms with Crippen LogP contribution in [0.1, 0.15) is 6.92 Å². The molecule has 0 fully saturated rings. The maximum absolute atomic E-state index is 12.3. The first-order valence-electron chi connectivity index (χ1n) is 7.16. The molecule has 2 rings (SSSR count). The number of ether oxygens (including phenoxy) is 2. The third kappa shape index (κ3) is 4.76.